The minimum absolute atomic E-state index is 0.0403. The van der Waals surface area contributed by atoms with Gasteiger partial charge < -0.3 is 17.3 Å². The molecule has 1 nitrogen and oxygen atoms in total. The molecule has 1 aliphatic heterocycles. The van der Waals surface area contributed by atoms with Crippen molar-refractivity contribution in [2.75, 3.05) is 0 Å². The summed E-state index contributed by atoms with van der Waals surface area (Å²) in [4.78, 5) is 0. The van der Waals surface area contributed by atoms with Crippen LogP contribution in [0.25, 0.3) is 0 Å². The molecule has 0 aliphatic carbocycles. The fraction of sp³-hybridized carbons (Fsp3) is 0.519. The van der Waals surface area contributed by atoms with E-state index in [0.29, 0.717) is 11.8 Å². The summed E-state index contributed by atoms with van der Waals surface area (Å²) >= 11 is 0. The summed E-state index contributed by atoms with van der Waals surface area (Å²) in [7, 11) is -6.00. The van der Waals surface area contributed by atoms with E-state index in [9.17, 15) is 17.3 Å². The standard InChI is InChI=1S/C27H38N.BF4/c1-18(2)23-11-10-12-24(19(3)4)25(23)28-17-27(9,16-26(28,7)8)22-14-20(5)13-21(6)15-22;2-1(3,4)5/h10-15,17-19H,16H2,1-9H3;/q+1;-1. The molecule has 0 spiro atoms. The summed E-state index contributed by atoms with van der Waals surface area (Å²) in [5, 5.41) is 0. The third-order valence-electron chi connectivity index (χ3n) is 6.33. The van der Waals surface area contributed by atoms with Gasteiger partial charge in [0.25, 0.3) is 0 Å². The molecule has 1 atom stereocenters. The summed E-state index contributed by atoms with van der Waals surface area (Å²) in [6.07, 6.45) is 3.64. The van der Waals surface area contributed by atoms with Gasteiger partial charge in [-0.25, -0.2) is 0 Å². The highest BCUT2D eigenvalue weighted by atomic mass is 19.5. The van der Waals surface area contributed by atoms with Gasteiger partial charge in [-0.15, -0.1) is 0 Å². The molecule has 2 aromatic rings. The summed E-state index contributed by atoms with van der Waals surface area (Å²) < 4.78 is 41.6. The molecule has 2 aromatic carbocycles. The van der Waals surface area contributed by atoms with E-state index in [-0.39, 0.29) is 11.0 Å². The number of hydrogen-bond donors (Lipinski definition) is 0. The van der Waals surface area contributed by atoms with E-state index in [1.165, 1.54) is 33.5 Å². The first-order valence-corrected chi connectivity index (χ1v) is 11.7. The van der Waals surface area contributed by atoms with Crippen molar-refractivity contribution in [3.05, 3.63) is 64.2 Å². The molecular formula is C27H38BF4N. The first-order chi connectivity index (χ1) is 14.9. The Morgan fingerprint density at radius 2 is 1.24 bits per heavy atom. The van der Waals surface area contributed by atoms with Crippen LogP contribution in [0.15, 0.2) is 36.4 Å². The van der Waals surface area contributed by atoms with E-state index in [0.717, 1.165) is 6.42 Å². The van der Waals surface area contributed by atoms with E-state index in [1.807, 2.05) is 0 Å². The van der Waals surface area contributed by atoms with Crippen molar-refractivity contribution in [1.82, 2.24) is 0 Å². The molecule has 1 heterocycles. The number of nitrogens with zero attached hydrogens (tertiary/aromatic N) is 1. The lowest BCUT2D eigenvalue weighted by molar-refractivity contribution is -0.513. The third-order valence-corrected chi connectivity index (χ3v) is 6.33. The number of aryl methyl sites for hydroxylation is 2. The van der Waals surface area contributed by atoms with Gasteiger partial charge >= 0.3 is 7.25 Å². The van der Waals surface area contributed by atoms with Crippen LogP contribution in [0.5, 0.6) is 0 Å². The molecular weight excluding hydrogens is 425 g/mol. The summed E-state index contributed by atoms with van der Waals surface area (Å²) in [6.45, 7) is 20.9. The Labute approximate surface area is 197 Å². The predicted octanol–water partition coefficient (Wildman–Crippen LogP) is 8.71. The van der Waals surface area contributed by atoms with Gasteiger partial charge in [-0.2, -0.15) is 4.58 Å². The van der Waals surface area contributed by atoms with Crippen LogP contribution in [-0.2, 0) is 5.41 Å². The van der Waals surface area contributed by atoms with E-state index >= 15 is 0 Å². The maximum atomic E-state index is 9.75. The second-order valence-corrected chi connectivity index (χ2v) is 10.9. The zero-order valence-corrected chi connectivity index (χ0v) is 21.4. The molecule has 0 radical (unpaired) electrons. The van der Waals surface area contributed by atoms with Crippen LogP contribution in [0.2, 0.25) is 0 Å². The van der Waals surface area contributed by atoms with Crippen LogP contribution in [0, 0.1) is 13.8 Å². The molecule has 1 aliphatic rings. The van der Waals surface area contributed by atoms with Gasteiger partial charge in [0, 0.05) is 31.4 Å². The van der Waals surface area contributed by atoms with Gasteiger partial charge in [-0.05, 0) is 38.2 Å². The summed E-state index contributed by atoms with van der Waals surface area (Å²) in [5.74, 6) is 1.01. The summed E-state index contributed by atoms with van der Waals surface area (Å²) in [6, 6.07) is 13.9. The quantitative estimate of drug-likeness (QED) is 0.242. The van der Waals surface area contributed by atoms with E-state index < -0.39 is 7.25 Å². The van der Waals surface area contributed by atoms with Crippen LogP contribution in [0.4, 0.5) is 23.0 Å². The summed E-state index contributed by atoms with van der Waals surface area (Å²) in [5.41, 5.74) is 8.61. The predicted molar refractivity (Wildman–Crippen MR) is 133 cm³/mol. The highest BCUT2D eigenvalue weighted by Gasteiger charge is 2.50. The smallest absolute Gasteiger partial charge is 0.418 e. The number of rotatable bonds is 4. The van der Waals surface area contributed by atoms with Crippen molar-refractivity contribution < 1.29 is 21.8 Å². The highest BCUT2D eigenvalue weighted by Crippen LogP contribution is 2.45. The second-order valence-electron chi connectivity index (χ2n) is 10.9. The van der Waals surface area contributed by atoms with Gasteiger partial charge in [-0.3, -0.25) is 0 Å². The third kappa shape index (κ3) is 6.71. The fourth-order valence-electron chi connectivity index (χ4n) is 5.13. The lowest BCUT2D eigenvalue weighted by Crippen LogP contribution is -2.31. The average molecular weight is 463 g/mol. The Bertz CT molecular complexity index is 969. The van der Waals surface area contributed by atoms with Crippen LogP contribution in [0.3, 0.4) is 0 Å². The Balaban J connectivity index is 0.000000696. The van der Waals surface area contributed by atoms with Gasteiger partial charge in [0.15, 0.2) is 11.8 Å². The topological polar surface area (TPSA) is 3.01 Å². The van der Waals surface area contributed by atoms with Crippen LogP contribution < -0.4 is 0 Å². The zero-order chi connectivity index (χ0) is 25.4. The van der Waals surface area contributed by atoms with Crippen molar-refractivity contribution in [3.8, 4) is 0 Å². The van der Waals surface area contributed by atoms with Crippen molar-refractivity contribution in [2.24, 2.45) is 0 Å². The van der Waals surface area contributed by atoms with Crippen LogP contribution in [-0.4, -0.2) is 23.6 Å². The van der Waals surface area contributed by atoms with Crippen molar-refractivity contribution in [2.45, 2.75) is 91.5 Å². The molecule has 0 N–H and O–H groups in total. The van der Waals surface area contributed by atoms with Gasteiger partial charge in [0.05, 0.1) is 5.41 Å². The molecule has 1 unspecified atom stereocenters. The van der Waals surface area contributed by atoms with Gasteiger partial charge in [-0.1, -0.05) is 75.2 Å². The SMILES string of the molecule is Cc1cc(C)cc(C2(C)C=[N+](c3c(C(C)C)cccc3C(C)C)C(C)(C)C2)c1.F[B-](F)(F)F. The molecule has 0 fully saturated rings. The molecule has 0 amide bonds. The molecule has 6 heteroatoms. The normalized spacial score (nSPS) is 20.0. The maximum Gasteiger partial charge on any atom is 0.673 e. The minimum Gasteiger partial charge on any atom is -0.418 e. The Kier molecular flexibility index (Phi) is 7.93. The Morgan fingerprint density at radius 1 is 0.818 bits per heavy atom. The average Bonchev–Trinajstić information content (AvgIpc) is 2.88. The second kappa shape index (κ2) is 9.64. The fourth-order valence-corrected chi connectivity index (χ4v) is 5.13. The molecule has 182 valence electrons. The molecule has 0 saturated carbocycles. The largest absolute Gasteiger partial charge is 0.673 e. The molecule has 0 aromatic heterocycles. The van der Waals surface area contributed by atoms with E-state index in [1.54, 1.807) is 0 Å². The highest BCUT2D eigenvalue weighted by molar-refractivity contribution is 6.50. The maximum absolute atomic E-state index is 9.75. The number of hydrogen-bond acceptors (Lipinski definition) is 0. The van der Waals surface area contributed by atoms with Crippen LogP contribution in [0.1, 0.15) is 94.5 Å². The van der Waals surface area contributed by atoms with Crippen LogP contribution >= 0.6 is 0 Å². The Morgan fingerprint density at radius 3 is 1.64 bits per heavy atom. The molecule has 0 saturated heterocycles. The first kappa shape index (κ1) is 27.1. The number of para-hydroxylation sites is 1. The molecule has 0 bridgehead atoms. The molecule has 3 rings (SSSR count). The van der Waals surface area contributed by atoms with Crippen molar-refractivity contribution >= 4 is 19.2 Å². The molecule has 33 heavy (non-hydrogen) atoms. The van der Waals surface area contributed by atoms with E-state index in [2.05, 4.69) is 110 Å². The van der Waals surface area contributed by atoms with E-state index in [4.69, 9.17) is 0 Å². The number of halogens is 4. The Hall–Kier alpha value is -2.11. The van der Waals surface area contributed by atoms with Crippen molar-refractivity contribution in [3.63, 3.8) is 0 Å². The zero-order valence-electron chi connectivity index (χ0n) is 21.4. The first-order valence-electron chi connectivity index (χ1n) is 11.7. The van der Waals surface area contributed by atoms with Crippen molar-refractivity contribution in [1.29, 1.82) is 0 Å². The van der Waals surface area contributed by atoms with Gasteiger partial charge in [0.2, 0.25) is 5.69 Å². The monoisotopic (exact) mass is 463 g/mol. The lowest BCUT2D eigenvalue weighted by atomic mass is 9.76. The minimum atomic E-state index is -6.00. The lowest BCUT2D eigenvalue weighted by Gasteiger charge is -2.25. The van der Waals surface area contributed by atoms with Gasteiger partial charge in [0.1, 0.15) is 0 Å². The number of benzene rings is 2.